The molecule has 102 valence electrons. The van der Waals surface area contributed by atoms with Crippen LogP contribution >= 0.6 is 11.6 Å². The topological polar surface area (TPSA) is 17.0 Å². The molecule has 2 aromatic rings. The lowest BCUT2D eigenvalue weighted by atomic mass is 10.1. The molecule has 0 radical (unpaired) electrons. The van der Waals surface area contributed by atoms with E-state index in [9.17, 15) is 0 Å². The van der Waals surface area contributed by atoms with E-state index in [1.54, 1.807) is 0 Å². The standard InChI is InChI=1S/C16H21ClN2/c1-3-9-19-10-8-14(12-19)11-18-13(2)15-4-6-16(17)7-5-15/h4-8,10,12-13,18H,3,9,11H2,1-2H3/t13-/m0/s1. The molecule has 0 fully saturated rings. The lowest BCUT2D eigenvalue weighted by molar-refractivity contribution is 0.573. The molecule has 0 aliphatic heterocycles. The van der Waals surface area contributed by atoms with E-state index in [0.29, 0.717) is 6.04 Å². The predicted molar refractivity (Wildman–Crippen MR) is 81.4 cm³/mol. The average Bonchev–Trinajstić information content (AvgIpc) is 2.85. The molecular formula is C16H21ClN2. The second-order valence-electron chi connectivity index (χ2n) is 4.91. The van der Waals surface area contributed by atoms with Crippen molar-refractivity contribution in [1.29, 1.82) is 0 Å². The minimum atomic E-state index is 0.326. The molecule has 0 bridgehead atoms. The van der Waals surface area contributed by atoms with E-state index in [-0.39, 0.29) is 0 Å². The predicted octanol–water partition coefficient (Wildman–Crippen LogP) is 4.40. The van der Waals surface area contributed by atoms with Crippen LogP contribution in [0.3, 0.4) is 0 Å². The van der Waals surface area contributed by atoms with Gasteiger partial charge in [0.25, 0.3) is 0 Å². The first-order chi connectivity index (χ1) is 9.19. The third-order valence-electron chi connectivity index (χ3n) is 3.28. The van der Waals surface area contributed by atoms with Crippen LogP contribution in [0.5, 0.6) is 0 Å². The summed E-state index contributed by atoms with van der Waals surface area (Å²) in [6, 6.07) is 10.5. The number of nitrogens with zero attached hydrogens (tertiary/aromatic N) is 1. The molecule has 0 unspecified atom stereocenters. The largest absolute Gasteiger partial charge is 0.354 e. The number of hydrogen-bond donors (Lipinski definition) is 1. The maximum Gasteiger partial charge on any atom is 0.0406 e. The summed E-state index contributed by atoms with van der Waals surface area (Å²) >= 11 is 5.90. The summed E-state index contributed by atoms with van der Waals surface area (Å²) < 4.78 is 2.24. The van der Waals surface area contributed by atoms with Crippen LogP contribution in [0.15, 0.2) is 42.7 Å². The number of aryl methyl sites for hydroxylation is 1. The van der Waals surface area contributed by atoms with Gasteiger partial charge in [0.1, 0.15) is 0 Å². The molecule has 0 saturated carbocycles. The molecular weight excluding hydrogens is 256 g/mol. The lowest BCUT2D eigenvalue weighted by Crippen LogP contribution is -2.17. The van der Waals surface area contributed by atoms with Crippen molar-refractivity contribution in [1.82, 2.24) is 9.88 Å². The quantitative estimate of drug-likeness (QED) is 0.827. The Labute approximate surface area is 120 Å². The molecule has 1 atom stereocenters. The number of nitrogens with one attached hydrogen (secondary N) is 1. The fourth-order valence-corrected chi connectivity index (χ4v) is 2.26. The van der Waals surface area contributed by atoms with Gasteiger partial charge in [-0.1, -0.05) is 30.7 Å². The molecule has 2 rings (SSSR count). The highest BCUT2D eigenvalue weighted by Crippen LogP contribution is 2.16. The molecule has 1 N–H and O–H groups in total. The van der Waals surface area contributed by atoms with Gasteiger partial charge < -0.3 is 9.88 Å². The Bertz CT molecular complexity index is 502. The maximum absolute atomic E-state index is 5.90. The average molecular weight is 277 g/mol. The van der Waals surface area contributed by atoms with Crippen molar-refractivity contribution in [3.63, 3.8) is 0 Å². The van der Waals surface area contributed by atoms with Crippen molar-refractivity contribution in [3.8, 4) is 0 Å². The van der Waals surface area contributed by atoms with Crippen LogP contribution in [0.1, 0.15) is 37.4 Å². The SMILES string of the molecule is CCCn1ccc(CN[C@@H](C)c2ccc(Cl)cc2)c1. The Morgan fingerprint density at radius 1 is 1.21 bits per heavy atom. The molecule has 19 heavy (non-hydrogen) atoms. The Morgan fingerprint density at radius 2 is 1.95 bits per heavy atom. The van der Waals surface area contributed by atoms with Crippen molar-refractivity contribution in [2.45, 2.75) is 39.4 Å². The van der Waals surface area contributed by atoms with Crippen LogP contribution < -0.4 is 5.32 Å². The van der Waals surface area contributed by atoms with Crippen LogP contribution in [0.2, 0.25) is 5.02 Å². The Hall–Kier alpha value is -1.25. The number of halogens is 1. The van der Waals surface area contributed by atoms with Crippen molar-refractivity contribution in [2.24, 2.45) is 0 Å². The summed E-state index contributed by atoms with van der Waals surface area (Å²) in [4.78, 5) is 0. The van der Waals surface area contributed by atoms with Crippen molar-refractivity contribution in [3.05, 3.63) is 58.9 Å². The van der Waals surface area contributed by atoms with E-state index in [1.807, 2.05) is 12.1 Å². The molecule has 0 aliphatic rings. The van der Waals surface area contributed by atoms with Gasteiger partial charge in [0.05, 0.1) is 0 Å². The maximum atomic E-state index is 5.90. The minimum Gasteiger partial charge on any atom is -0.354 e. The number of hydrogen-bond acceptors (Lipinski definition) is 1. The Kier molecular flexibility index (Phi) is 5.06. The fourth-order valence-electron chi connectivity index (χ4n) is 2.13. The Morgan fingerprint density at radius 3 is 2.63 bits per heavy atom. The van der Waals surface area contributed by atoms with Gasteiger partial charge >= 0.3 is 0 Å². The molecule has 1 aromatic heterocycles. The fraction of sp³-hybridized carbons (Fsp3) is 0.375. The van der Waals surface area contributed by atoms with E-state index in [2.05, 4.69) is 54.3 Å². The summed E-state index contributed by atoms with van der Waals surface area (Å²) in [6.07, 6.45) is 5.53. The Balaban J connectivity index is 1.88. The molecule has 0 saturated heterocycles. The van der Waals surface area contributed by atoms with Gasteiger partial charge in [-0.15, -0.1) is 0 Å². The van der Waals surface area contributed by atoms with E-state index < -0.39 is 0 Å². The zero-order valence-corrected chi connectivity index (χ0v) is 12.3. The summed E-state index contributed by atoms with van der Waals surface area (Å²) in [5.74, 6) is 0. The van der Waals surface area contributed by atoms with Gasteiger partial charge in [0.15, 0.2) is 0 Å². The molecule has 3 heteroatoms. The first-order valence-corrected chi connectivity index (χ1v) is 7.20. The van der Waals surface area contributed by atoms with Crippen LogP contribution in [0.25, 0.3) is 0 Å². The van der Waals surface area contributed by atoms with Gasteiger partial charge in [-0.2, -0.15) is 0 Å². The van der Waals surface area contributed by atoms with Crippen molar-refractivity contribution < 1.29 is 0 Å². The molecule has 0 amide bonds. The smallest absolute Gasteiger partial charge is 0.0406 e. The van der Waals surface area contributed by atoms with Crippen LogP contribution in [0.4, 0.5) is 0 Å². The highest BCUT2D eigenvalue weighted by Gasteiger charge is 2.05. The van der Waals surface area contributed by atoms with Crippen LogP contribution in [-0.4, -0.2) is 4.57 Å². The van der Waals surface area contributed by atoms with Gasteiger partial charge in [-0.05, 0) is 42.7 Å². The number of benzene rings is 1. The molecule has 0 aliphatic carbocycles. The third-order valence-corrected chi connectivity index (χ3v) is 3.53. The van der Waals surface area contributed by atoms with Crippen molar-refractivity contribution >= 4 is 11.6 Å². The van der Waals surface area contributed by atoms with E-state index in [1.165, 1.54) is 17.5 Å². The zero-order valence-electron chi connectivity index (χ0n) is 11.6. The number of rotatable bonds is 6. The van der Waals surface area contributed by atoms with Gasteiger partial charge in [0.2, 0.25) is 0 Å². The lowest BCUT2D eigenvalue weighted by Gasteiger charge is -2.13. The van der Waals surface area contributed by atoms with Gasteiger partial charge in [-0.3, -0.25) is 0 Å². The molecule has 2 nitrogen and oxygen atoms in total. The number of aromatic nitrogens is 1. The third kappa shape index (κ3) is 4.12. The van der Waals surface area contributed by atoms with E-state index in [0.717, 1.165) is 18.1 Å². The second kappa shape index (κ2) is 6.78. The molecule has 1 heterocycles. The van der Waals surface area contributed by atoms with Gasteiger partial charge in [-0.25, -0.2) is 0 Å². The highest BCUT2D eigenvalue weighted by atomic mass is 35.5. The summed E-state index contributed by atoms with van der Waals surface area (Å²) in [7, 11) is 0. The zero-order chi connectivity index (χ0) is 13.7. The highest BCUT2D eigenvalue weighted by molar-refractivity contribution is 6.30. The normalized spacial score (nSPS) is 12.6. The van der Waals surface area contributed by atoms with Crippen LogP contribution in [0, 0.1) is 0 Å². The molecule has 1 aromatic carbocycles. The van der Waals surface area contributed by atoms with Crippen LogP contribution in [-0.2, 0) is 13.1 Å². The second-order valence-corrected chi connectivity index (χ2v) is 5.35. The minimum absolute atomic E-state index is 0.326. The molecule has 0 spiro atoms. The monoisotopic (exact) mass is 276 g/mol. The summed E-state index contributed by atoms with van der Waals surface area (Å²) in [5.41, 5.74) is 2.59. The van der Waals surface area contributed by atoms with E-state index in [4.69, 9.17) is 11.6 Å². The first-order valence-electron chi connectivity index (χ1n) is 6.82. The van der Waals surface area contributed by atoms with Crippen molar-refractivity contribution in [2.75, 3.05) is 0 Å². The summed E-state index contributed by atoms with van der Waals surface area (Å²) in [5, 5.41) is 4.32. The van der Waals surface area contributed by atoms with Gasteiger partial charge in [0, 0.05) is 36.5 Å². The summed E-state index contributed by atoms with van der Waals surface area (Å²) in [6.45, 7) is 6.35. The first kappa shape index (κ1) is 14.2. The van der Waals surface area contributed by atoms with E-state index >= 15 is 0 Å².